The highest BCUT2D eigenvalue weighted by Crippen LogP contribution is 2.47. The van der Waals surface area contributed by atoms with Gasteiger partial charge in [0.15, 0.2) is 0 Å². The van der Waals surface area contributed by atoms with Gasteiger partial charge in [0.1, 0.15) is 42.7 Å². The van der Waals surface area contributed by atoms with Crippen molar-refractivity contribution in [3.05, 3.63) is 0 Å². The summed E-state index contributed by atoms with van der Waals surface area (Å²) in [5.74, 6) is -0.478. The van der Waals surface area contributed by atoms with Gasteiger partial charge >= 0.3 is 13.8 Å². The highest BCUT2D eigenvalue weighted by molar-refractivity contribution is 7.47. The molecule has 0 aromatic heterocycles. The SMILES string of the molecule is CCCCCCCCCCCCCCCCOCC(COP(=O)(O)OC1C(O)C(O)C(O)C(O)C1O)OC(=O)CCCCCCCCCCC. The van der Waals surface area contributed by atoms with Crippen LogP contribution in [0.5, 0.6) is 0 Å². The van der Waals surface area contributed by atoms with Crippen LogP contribution in [0, 0.1) is 0 Å². The molecule has 0 heterocycles. The third kappa shape index (κ3) is 22.4. The third-order valence-corrected chi connectivity index (χ3v) is 10.5. The highest BCUT2D eigenvalue weighted by atomic mass is 31.2. The maximum Gasteiger partial charge on any atom is 0.472 e. The van der Waals surface area contributed by atoms with Crippen molar-refractivity contribution in [3.8, 4) is 0 Å². The molecule has 1 fully saturated rings. The maximum atomic E-state index is 12.7. The molecule has 6 atom stereocenters. The lowest BCUT2D eigenvalue weighted by Gasteiger charge is -2.41. The van der Waals surface area contributed by atoms with Crippen molar-refractivity contribution in [1.82, 2.24) is 0 Å². The Morgan fingerprint density at radius 3 is 1.38 bits per heavy atom. The Balaban J connectivity index is 2.44. The monoisotopic (exact) mass is 740 g/mol. The summed E-state index contributed by atoms with van der Waals surface area (Å²) in [6.07, 6.45) is 14.8. The molecular formula is C37H73O12P. The van der Waals surface area contributed by atoms with Crippen molar-refractivity contribution in [2.75, 3.05) is 19.8 Å². The van der Waals surface area contributed by atoms with E-state index in [-0.39, 0.29) is 13.0 Å². The van der Waals surface area contributed by atoms with E-state index in [4.69, 9.17) is 18.5 Å². The zero-order valence-electron chi connectivity index (χ0n) is 31.2. The summed E-state index contributed by atoms with van der Waals surface area (Å²) < 4.78 is 33.9. The quantitative estimate of drug-likeness (QED) is 0.0239. The van der Waals surface area contributed by atoms with E-state index >= 15 is 0 Å². The van der Waals surface area contributed by atoms with Crippen LogP contribution in [0.25, 0.3) is 0 Å². The molecule has 50 heavy (non-hydrogen) atoms. The Hall–Kier alpha value is -0.660. The summed E-state index contributed by atoms with van der Waals surface area (Å²) >= 11 is 0. The van der Waals surface area contributed by atoms with Crippen LogP contribution < -0.4 is 0 Å². The van der Waals surface area contributed by atoms with Crippen molar-refractivity contribution in [3.63, 3.8) is 0 Å². The molecule has 0 aliphatic heterocycles. The number of esters is 1. The largest absolute Gasteiger partial charge is 0.472 e. The standard InChI is InChI=1S/C37H73O12P/c1-3-5-7-9-11-13-14-15-16-17-19-21-23-25-27-46-28-30(48-31(38)26-24-22-20-18-12-10-8-6-4-2)29-47-50(44,45)49-37-35(42)33(40)32(39)34(41)36(37)43/h30,32-37,39-43H,3-29H2,1-2H3,(H,44,45). The average Bonchev–Trinajstić information content (AvgIpc) is 3.09. The summed E-state index contributed by atoms with van der Waals surface area (Å²) in [5.41, 5.74) is 0. The van der Waals surface area contributed by atoms with Gasteiger partial charge in [0, 0.05) is 13.0 Å². The first-order chi connectivity index (χ1) is 24.0. The van der Waals surface area contributed by atoms with Crippen LogP contribution in [0.2, 0.25) is 0 Å². The molecule has 13 heteroatoms. The molecule has 12 nitrogen and oxygen atoms in total. The maximum absolute atomic E-state index is 12.7. The first-order valence-electron chi connectivity index (χ1n) is 19.9. The van der Waals surface area contributed by atoms with E-state index in [0.29, 0.717) is 13.0 Å². The van der Waals surface area contributed by atoms with E-state index in [2.05, 4.69) is 13.8 Å². The average molecular weight is 741 g/mol. The normalized spacial score (nSPS) is 24.2. The minimum Gasteiger partial charge on any atom is -0.457 e. The number of ether oxygens (including phenoxy) is 2. The Bertz CT molecular complexity index is 848. The van der Waals surface area contributed by atoms with E-state index in [9.17, 15) is 39.8 Å². The number of rotatable bonds is 33. The van der Waals surface area contributed by atoms with E-state index in [1.54, 1.807) is 0 Å². The van der Waals surface area contributed by atoms with E-state index in [1.807, 2.05) is 0 Å². The summed E-state index contributed by atoms with van der Waals surface area (Å²) in [6.45, 7) is 4.23. The molecule has 0 aromatic rings. The van der Waals surface area contributed by atoms with Gasteiger partial charge in [-0.25, -0.2) is 4.57 Å². The molecule has 1 aliphatic rings. The first kappa shape index (κ1) is 47.4. The summed E-state index contributed by atoms with van der Waals surface area (Å²) in [7, 11) is -5.00. The fourth-order valence-corrected chi connectivity index (χ4v) is 7.21. The number of aliphatic hydroxyl groups excluding tert-OH is 5. The number of aliphatic hydroxyl groups is 5. The van der Waals surface area contributed by atoms with Gasteiger partial charge in [0.2, 0.25) is 0 Å². The first-order valence-corrected chi connectivity index (χ1v) is 21.4. The smallest absolute Gasteiger partial charge is 0.457 e. The Labute approximate surface area is 302 Å². The van der Waals surface area contributed by atoms with Crippen LogP contribution in [-0.4, -0.2) is 98.9 Å². The molecule has 1 saturated carbocycles. The molecule has 1 aliphatic carbocycles. The molecule has 0 aromatic carbocycles. The molecule has 0 amide bonds. The van der Waals surface area contributed by atoms with Gasteiger partial charge in [-0.2, -0.15) is 0 Å². The lowest BCUT2D eigenvalue weighted by Crippen LogP contribution is -2.64. The third-order valence-electron chi connectivity index (χ3n) is 9.48. The second kappa shape index (κ2) is 29.8. The second-order valence-electron chi connectivity index (χ2n) is 14.1. The van der Waals surface area contributed by atoms with Crippen LogP contribution in [-0.2, 0) is 27.9 Å². The van der Waals surface area contributed by atoms with Gasteiger partial charge in [0.25, 0.3) is 0 Å². The Kier molecular flexibility index (Phi) is 28.2. The number of hydrogen-bond donors (Lipinski definition) is 6. The number of carbonyl (C=O) groups is 1. The number of unbranched alkanes of at least 4 members (excludes halogenated alkanes) is 21. The van der Waals surface area contributed by atoms with Crippen LogP contribution in [0.1, 0.15) is 168 Å². The van der Waals surface area contributed by atoms with Gasteiger partial charge in [-0.15, -0.1) is 0 Å². The number of phosphoric acid groups is 1. The zero-order valence-corrected chi connectivity index (χ0v) is 32.1. The summed E-state index contributed by atoms with van der Waals surface area (Å²) in [4.78, 5) is 22.9. The predicted octanol–water partition coefficient (Wildman–Crippen LogP) is 6.64. The molecular weight excluding hydrogens is 667 g/mol. The molecule has 0 radical (unpaired) electrons. The fourth-order valence-electron chi connectivity index (χ4n) is 6.24. The number of phosphoric ester groups is 1. The van der Waals surface area contributed by atoms with Crippen molar-refractivity contribution in [2.24, 2.45) is 0 Å². The van der Waals surface area contributed by atoms with Crippen molar-refractivity contribution in [2.45, 2.75) is 211 Å². The fraction of sp³-hybridized carbons (Fsp3) is 0.973. The molecule has 0 saturated heterocycles. The molecule has 0 bridgehead atoms. The minimum atomic E-state index is -5.00. The van der Waals surface area contributed by atoms with Gasteiger partial charge < -0.3 is 39.9 Å². The van der Waals surface area contributed by atoms with Crippen LogP contribution in [0.15, 0.2) is 0 Å². The number of hydrogen-bond acceptors (Lipinski definition) is 11. The topological polar surface area (TPSA) is 192 Å². The van der Waals surface area contributed by atoms with Crippen LogP contribution in [0.4, 0.5) is 0 Å². The lowest BCUT2D eigenvalue weighted by atomic mass is 9.85. The van der Waals surface area contributed by atoms with Crippen molar-refractivity contribution >= 4 is 13.8 Å². The summed E-state index contributed by atoms with van der Waals surface area (Å²) in [5, 5.41) is 49.9. The van der Waals surface area contributed by atoms with Gasteiger partial charge in [-0.05, 0) is 12.8 Å². The van der Waals surface area contributed by atoms with Crippen molar-refractivity contribution in [1.29, 1.82) is 0 Å². The van der Waals surface area contributed by atoms with Gasteiger partial charge in [-0.3, -0.25) is 13.8 Å². The highest BCUT2D eigenvalue weighted by Gasteiger charge is 2.51. The molecule has 0 spiro atoms. The lowest BCUT2D eigenvalue weighted by molar-refractivity contribution is -0.220. The van der Waals surface area contributed by atoms with E-state index in [0.717, 1.165) is 38.5 Å². The molecule has 1 rings (SSSR count). The van der Waals surface area contributed by atoms with Crippen LogP contribution in [0.3, 0.4) is 0 Å². The minimum absolute atomic E-state index is 0.0692. The summed E-state index contributed by atoms with van der Waals surface area (Å²) in [6, 6.07) is 0. The number of carbonyl (C=O) groups excluding carboxylic acids is 1. The Morgan fingerprint density at radius 2 is 0.940 bits per heavy atom. The van der Waals surface area contributed by atoms with Gasteiger partial charge in [-0.1, -0.05) is 149 Å². The van der Waals surface area contributed by atoms with Crippen LogP contribution >= 0.6 is 7.82 Å². The van der Waals surface area contributed by atoms with Gasteiger partial charge in [0.05, 0.1) is 13.2 Å². The van der Waals surface area contributed by atoms with E-state index in [1.165, 1.54) is 103 Å². The predicted molar refractivity (Wildman–Crippen MR) is 194 cm³/mol. The molecule has 6 N–H and O–H groups in total. The molecule has 298 valence electrons. The Morgan fingerprint density at radius 1 is 0.560 bits per heavy atom. The second-order valence-corrected chi connectivity index (χ2v) is 15.6. The van der Waals surface area contributed by atoms with Crippen molar-refractivity contribution < 1.29 is 58.3 Å². The molecule has 6 unspecified atom stereocenters. The zero-order chi connectivity index (χ0) is 37.0. The van der Waals surface area contributed by atoms with E-state index < -0.39 is 63.1 Å².